The number of hydrogen-bond acceptors (Lipinski definition) is 5. The Morgan fingerprint density at radius 3 is 2.54 bits per heavy atom. The monoisotopic (exact) mass is 346 g/mol. The number of nitrogens with zero attached hydrogens (tertiary/aromatic N) is 3. The quantitative estimate of drug-likeness (QED) is 0.737. The molecule has 3 rings (SSSR count). The van der Waals surface area contributed by atoms with Gasteiger partial charge in [-0.05, 0) is 31.0 Å². The second-order valence-electron chi connectivity index (χ2n) is 5.45. The molecule has 0 bridgehead atoms. The number of benzene rings is 1. The fraction of sp³-hybridized carbons (Fsp3) is 0.250. The molecule has 3 aromatic rings. The smallest absolute Gasteiger partial charge is 0.246 e. The third-order valence-electron chi connectivity index (χ3n) is 3.70. The van der Waals surface area contributed by atoms with Gasteiger partial charge >= 0.3 is 0 Å². The zero-order valence-electron chi connectivity index (χ0n) is 13.4. The molecule has 1 aromatic carbocycles. The Kier molecular flexibility index (Phi) is 4.50. The molecule has 0 atom stereocenters. The van der Waals surface area contributed by atoms with Crippen LogP contribution in [0.3, 0.4) is 0 Å². The van der Waals surface area contributed by atoms with E-state index in [1.165, 1.54) is 0 Å². The Bertz CT molecular complexity index is 911. The minimum Gasteiger partial charge on any atom is -0.360 e. The van der Waals surface area contributed by atoms with Crippen LogP contribution in [0.25, 0.3) is 0 Å². The molecule has 0 unspecified atom stereocenters. The zero-order valence-corrected chi connectivity index (χ0v) is 14.2. The summed E-state index contributed by atoms with van der Waals surface area (Å²) in [6.45, 7) is 3.96. The van der Waals surface area contributed by atoms with Gasteiger partial charge in [0, 0.05) is 18.9 Å². The van der Waals surface area contributed by atoms with Crippen molar-refractivity contribution in [3.05, 3.63) is 65.3 Å². The van der Waals surface area contributed by atoms with Gasteiger partial charge in [-0.25, -0.2) is 13.1 Å². The molecule has 126 valence electrons. The predicted octanol–water partition coefficient (Wildman–Crippen LogP) is 2.01. The molecule has 24 heavy (non-hydrogen) atoms. The third-order valence-corrected chi connectivity index (χ3v) is 5.34. The molecule has 0 spiro atoms. The molecule has 0 aliphatic carbocycles. The average molecular weight is 346 g/mol. The molecule has 2 aromatic heterocycles. The van der Waals surface area contributed by atoms with E-state index in [2.05, 4.69) is 15.0 Å². The number of aryl methyl sites for hydroxylation is 2. The maximum atomic E-state index is 12.5. The number of hydrogen-bond donors (Lipinski definition) is 1. The molecule has 0 saturated carbocycles. The minimum atomic E-state index is -3.68. The molecule has 0 amide bonds. The zero-order chi connectivity index (χ0) is 17.2. The van der Waals surface area contributed by atoms with E-state index in [0.29, 0.717) is 12.2 Å². The molecule has 0 aliphatic heterocycles. The highest BCUT2D eigenvalue weighted by Gasteiger charge is 2.24. The van der Waals surface area contributed by atoms with E-state index in [4.69, 9.17) is 4.52 Å². The van der Waals surface area contributed by atoms with Gasteiger partial charge in [0.1, 0.15) is 10.6 Å². The van der Waals surface area contributed by atoms with Gasteiger partial charge in [-0.2, -0.15) is 5.10 Å². The van der Waals surface area contributed by atoms with Crippen LogP contribution in [-0.2, 0) is 23.1 Å². The summed E-state index contributed by atoms with van der Waals surface area (Å²) in [7, 11) is -3.68. The molecule has 0 radical (unpaired) electrons. The Morgan fingerprint density at radius 2 is 1.92 bits per heavy atom. The van der Waals surface area contributed by atoms with Gasteiger partial charge in [-0.3, -0.25) is 4.68 Å². The van der Waals surface area contributed by atoms with Gasteiger partial charge in [0.2, 0.25) is 10.0 Å². The third kappa shape index (κ3) is 3.39. The maximum absolute atomic E-state index is 12.5. The van der Waals surface area contributed by atoms with E-state index in [0.717, 1.165) is 11.1 Å². The van der Waals surface area contributed by atoms with Crippen LogP contribution in [0.4, 0.5) is 0 Å². The summed E-state index contributed by atoms with van der Waals surface area (Å²) in [5, 5.41) is 7.88. The van der Waals surface area contributed by atoms with Crippen LogP contribution in [0.1, 0.15) is 22.6 Å². The second-order valence-corrected chi connectivity index (χ2v) is 7.15. The first-order valence-electron chi connectivity index (χ1n) is 7.44. The molecular weight excluding hydrogens is 328 g/mol. The van der Waals surface area contributed by atoms with E-state index in [-0.39, 0.29) is 17.2 Å². The van der Waals surface area contributed by atoms with Crippen LogP contribution < -0.4 is 4.72 Å². The first-order chi connectivity index (χ1) is 11.5. The molecule has 0 saturated heterocycles. The van der Waals surface area contributed by atoms with Crippen molar-refractivity contribution in [2.24, 2.45) is 0 Å². The largest absolute Gasteiger partial charge is 0.360 e. The lowest BCUT2D eigenvalue weighted by atomic mass is 10.1. The number of nitrogens with one attached hydrogen (secondary N) is 1. The van der Waals surface area contributed by atoms with Crippen LogP contribution in [0.5, 0.6) is 0 Å². The topological polar surface area (TPSA) is 90.0 Å². The van der Waals surface area contributed by atoms with E-state index in [1.807, 2.05) is 36.5 Å². The van der Waals surface area contributed by atoms with E-state index < -0.39 is 10.0 Å². The van der Waals surface area contributed by atoms with Crippen LogP contribution in [0, 0.1) is 13.8 Å². The Balaban J connectivity index is 1.80. The normalized spacial score (nSPS) is 11.8. The van der Waals surface area contributed by atoms with Crippen molar-refractivity contribution >= 4 is 10.0 Å². The Labute approximate surface area is 140 Å². The highest BCUT2D eigenvalue weighted by atomic mass is 32.2. The van der Waals surface area contributed by atoms with Gasteiger partial charge in [-0.15, -0.1) is 0 Å². The number of sulfonamides is 1. The molecule has 7 nitrogen and oxygen atoms in total. The molecule has 0 aliphatic rings. The summed E-state index contributed by atoms with van der Waals surface area (Å²) in [4.78, 5) is 0.104. The molecule has 8 heteroatoms. The van der Waals surface area contributed by atoms with Gasteiger partial charge in [0.05, 0.1) is 6.54 Å². The lowest BCUT2D eigenvalue weighted by Gasteiger charge is -2.11. The van der Waals surface area contributed by atoms with Crippen molar-refractivity contribution in [3.8, 4) is 0 Å². The first kappa shape index (κ1) is 16.4. The Morgan fingerprint density at radius 1 is 1.17 bits per heavy atom. The second kappa shape index (κ2) is 6.58. The molecule has 1 N–H and O–H groups in total. The summed E-state index contributed by atoms with van der Waals surface area (Å²) in [5.74, 6) is 0.282. The summed E-state index contributed by atoms with van der Waals surface area (Å²) >= 11 is 0. The van der Waals surface area contributed by atoms with Crippen molar-refractivity contribution in [2.75, 3.05) is 0 Å². The van der Waals surface area contributed by atoms with Crippen LogP contribution in [0.2, 0.25) is 0 Å². The van der Waals surface area contributed by atoms with Crippen LogP contribution in [-0.4, -0.2) is 23.4 Å². The summed E-state index contributed by atoms with van der Waals surface area (Å²) in [6, 6.07) is 9.51. The molecule has 2 heterocycles. The van der Waals surface area contributed by atoms with E-state index >= 15 is 0 Å². The average Bonchev–Trinajstić information content (AvgIpc) is 3.16. The van der Waals surface area contributed by atoms with Crippen molar-refractivity contribution in [2.45, 2.75) is 31.8 Å². The van der Waals surface area contributed by atoms with Crippen molar-refractivity contribution in [1.29, 1.82) is 0 Å². The van der Waals surface area contributed by atoms with Crippen LogP contribution >= 0.6 is 0 Å². The highest BCUT2D eigenvalue weighted by molar-refractivity contribution is 7.89. The lowest BCUT2D eigenvalue weighted by molar-refractivity contribution is 0.390. The number of aromatic nitrogens is 3. The standard InChI is InChI=1S/C16H18N4O3S/c1-12-16(13(2)23-19-12)24(21,22)18-10-14-6-3-4-7-15(14)11-20-9-5-8-17-20/h3-9,18H,10-11H2,1-2H3. The van der Waals surface area contributed by atoms with E-state index in [9.17, 15) is 8.42 Å². The molecular formula is C16H18N4O3S. The van der Waals surface area contributed by atoms with Crippen molar-refractivity contribution in [1.82, 2.24) is 19.7 Å². The lowest BCUT2D eigenvalue weighted by Crippen LogP contribution is -2.25. The summed E-state index contributed by atoms with van der Waals surface area (Å²) in [6.07, 6.45) is 3.58. The maximum Gasteiger partial charge on any atom is 0.246 e. The predicted molar refractivity (Wildman–Crippen MR) is 87.8 cm³/mol. The SMILES string of the molecule is Cc1noc(C)c1S(=O)(=O)NCc1ccccc1Cn1cccn1. The minimum absolute atomic E-state index is 0.104. The fourth-order valence-corrected chi connectivity index (χ4v) is 3.89. The van der Waals surface area contributed by atoms with Crippen LogP contribution in [0.15, 0.2) is 52.1 Å². The summed E-state index contributed by atoms with van der Waals surface area (Å²) < 4.78 is 34.4. The van der Waals surface area contributed by atoms with Gasteiger partial charge in [0.25, 0.3) is 0 Å². The Hall–Kier alpha value is -2.45. The van der Waals surface area contributed by atoms with Gasteiger partial charge in [0.15, 0.2) is 5.76 Å². The summed E-state index contributed by atoms with van der Waals surface area (Å²) in [5.41, 5.74) is 2.25. The van der Waals surface area contributed by atoms with E-state index in [1.54, 1.807) is 24.7 Å². The first-order valence-corrected chi connectivity index (χ1v) is 8.92. The van der Waals surface area contributed by atoms with Crippen molar-refractivity contribution < 1.29 is 12.9 Å². The highest BCUT2D eigenvalue weighted by Crippen LogP contribution is 2.19. The van der Waals surface area contributed by atoms with Gasteiger partial charge in [-0.1, -0.05) is 29.4 Å². The van der Waals surface area contributed by atoms with Crippen molar-refractivity contribution in [3.63, 3.8) is 0 Å². The molecule has 0 fully saturated rings. The van der Waals surface area contributed by atoms with Gasteiger partial charge < -0.3 is 4.52 Å². The number of rotatable bonds is 6. The fourth-order valence-electron chi connectivity index (χ4n) is 2.56.